The van der Waals surface area contributed by atoms with E-state index in [4.69, 9.17) is 4.74 Å². The summed E-state index contributed by atoms with van der Waals surface area (Å²) in [6.45, 7) is 2.68. The van der Waals surface area contributed by atoms with Gasteiger partial charge in [-0.25, -0.2) is 0 Å². The molecule has 0 unspecified atom stereocenters. The third-order valence-corrected chi connectivity index (χ3v) is 2.66. The fraction of sp³-hybridized carbons (Fsp3) is 0.143. The van der Waals surface area contributed by atoms with Gasteiger partial charge in [-0.1, -0.05) is 29.8 Å². The summed E-state index contributed by atoms with van der Waals surface area (Å²) >= 11 is 4.23. The Balaban J connectivity index is 1.97. The first kappa shape index (κ1) is 11.1. The summed E-state index contributed by atoms with van der Waals surface area (Å²) in [4.78, 5) is 0.947. The molecule has 0 saturated carbocycles. The van der Waals surface area contributed by atoms with Crippen LogP contribution in [0.25, 0.3) is 0 Å². The third-order valence-electron chi connectivity index (χ3n) is 2.36. The minimum Gasteiger partial charge on any atom is -0.489 e. The summed E-state index contributed by atoms with van der Waals surface area (Å²) in [5.41, 5.74) is 2.45. The van der Waals surface area contributed by atoms with Crippen LogP contribution in [0.15, 0.2) is 53.4 Å². The molecule has 2 rings (SSSR count). The molecule has 2 heteroatoms. The SMILES string of the molecule is Cc1ccc(COc2ccc(S)cc2)cc1. The minimum absolute atomic E-state index is 0.603. The lowest BCUT2D eigenvalue weighted by molar-refractivity contribution is 0.306. The van der Waals surface area contributed by atoms with Crippen molar-refractivity contribution in [2.75, 3.05) is 0 Å². The zero-order valence-electron chi connectivity index (χ0n) is 9.18. The highest BCUT2D eigenvalue weighted by atomic mass is 32.1. The Morgan fingerprint density at radius 3 is 2.19 bits per heavy atom. The van der Waals surface area contributed by atoms with E-state index in [9.17, 15) is 0 Å². The Morgan fingerprint density at radius 1 is 0.938 bits per heavy atom. The second-order valence-corrected chi connectivity index (χ2v) is 4.28. The van der Waals surface area contributed by atoms with Crippen LogP contribution in [-0.2, 0) is 6.61 Å². The zero-order chi connectivity index (χ0) is 11.4. The van der Waals surface area contributed by atoms with E-state index in [1.807, 2.05) is 24.3 Å². The molecule has 2 aromatic carbocycles. The number of ether oxygens (including phenoxy) is 1. The number of hydrogen-bond donors (Lipinski definition) is 1. The first-order chi connectivity index (χ1) is 7.74. The predicted octanol–water partition coefficient (Wildman–Crippen LogP) is 3.86. The fourth-order valence-corrected chi connectivity index (χ4v) is 1.54. The Labute approximate surface area is 101 Å². The van der Waals surface area contributed by atoms with Crippen LogP contribution in [0.2, 0.25) is 0 Å². The van der Waals surface area contributed by atoms with E-state index in [1.54, 1.807) is 0 Å². The number of aryl methyl sites for hydroxylation is 1. The van der Waals surface area contributed by atoms with Crippen LogP contribution >= 0.6 is 12.6 Å². The molecule has 16 heavy (non-hydrogen) atoms. The quantitative estimate of drug-likeness (QED) is 0.788. The van der Waals surface area contributed by atoms with Crippen LogP contribution in [-0.4, -0.2) is 0 Å². The average Bonchev–Trinajstić information content (AvgIpc) is 2.30. The van der Waals surface area contributed by atoms with E-state index < -0.39 is 0 Å². The van der Waals surface area contributed by atoms with Crippen molar-refractivity contribution in [3.63, 3.8) is 0 Å². The highest BCUT2D eigenvalue weighted by Gasteiger charge is 1.95. The van der Waals surface area contributed by atoms with Gasteiger partial charge in [0.15, 0.2) is 0 Å². The van der Waals surface area contributed by atoms with Gasteiger partial charge in [0.25, 0.3) is 0 Å². The second-order valence-electron chi connectivity index (χ2n) is 3.77. The molecule has 0 aliphatic heterocycles. The lowest BCUT2D eigenvalue weighted by atomic mass is 10.2. The molecule has 0 saturated heterocycles. The van der Waals surface area contributed by atoms with Crippen molar-refractivity contribution in [3.8, 4) is 5.75 Å². The van der Waals surface area contributed by atoms with Crippen molar-refractivity contribution in [2.45, 2.75) is 18.4 Å². The van der Waals surface area contributed by atoms with Crippen molar-refractivity contribution in [3.05, 3.63) is 59.7 Å². The molecule has 0 aromatic heterocycles. The topological polar surface area (TPSA) is 9.23 Å². The van der Waals surface area contributed by atoms with Gasteiger partial charge in [-0.3, -0.25) is 0 Å². The van der Waals surface area contributed by atoms with Gasteiger partial charge in [0.2, 0.25) is 0 Å². The highest BCUT2D eigenvalue weighted by Crippen LogP contribution is 2.16. The molecular weight excluding hydrogens is 216 g/mol. The summed E-state index contributed by atoms with van der Waals surface area (Å²) < 4.78 is 5.65. The maximum absolute atomic E-state index is 5.65. The Kier molecular flexibility index (Phi) is 3.52. The first-order valence-electron chi connectivity index (χ1n) is 5.21. The molecule has 0 aliphatic rings. The molecule has 0 heterocycles. The van der Waals surface area contributed by atoms with E-state index in [2.05, 4.69) is 43.8 Å². The maximum Gasteiger partial charge on any atom is 0.119 e. The number of benzene rings is 2. The lowest BCUT2D eigenvalue weighted by Gasteiger charge is -2.06. The standard InChI is InChI=1S/C14H14OS/c1-11-2-4-12(5-3-11)10-15-13-6-8-14(16)9-7-13/h2-9,16H,10H2,1H3. The van der Waals surface area contributed by atoms with E-state index in [0.717, 1.165) is 10.6 Å². The summed E-state index contributed by atoms with van der Waals surface area (Å²) in [6.07, 6.45) is 0. The zero-order valence-corrected chi connectivity index (χ0v) is 10.1. The van der Waals surface area contributed by atoms with Crippen LogP contribution in [0.5, 0.6) is 5.75 Å². The molecule has 0 spiro atoms. The molecular formula is C14H14OS. The lowest BCUT2D eigenvalue weighted by Crippen LogP contribution is -1.94. The van der Waals surface area contributed by atoms with Crippen LogP contribution < -0.4 is 4.74 Å². The van der Waals surface area contributed by atoms with Crippen LogP contribution in [0.4, 0.5) is 0 Å². The fourth-order valence-electron chi connectivity index (χ4n) is 1.39. The van der Waals surface area contributed by atoms with Gasteiger partial charge in [-0.15, -0.1) is 12.6 Å². The normalized spacial score (nSPS) is 10.1. The Bertz CT molecular complexity index is 400. The molecule has 0 atom stereocenters. The monoisotopic (exact) mass is 230 g/mol. The Hall–Kier alpha value is -1.41. The number of thiol groups is 1. The molecule has 0 radical (unpaired) electrons. The molecule has 0 fully saturated rings. The average molecular weight is 230 g/mol. The van der Waals surface area contributed by atoms with E-state index in [0.29, 0.717) is 6.61 Å². The Morgan fingerprint density at radius 2 is 1.56 bits per heavy atom. The molecule has 0 N–H and O–H groups in total. The summed E-state index contributed by atoms with van der Waals surface area (Å²) in [5, 5.41) is 0. The van der Waals surface area contributed by atoms with Crippen LogP contribution in [0, 0.1) is 6.92 Å². The highest BCUT2D eigenvalue weighted by molar-refractivity contribution is 7.80. The van der Waals surface area contributed by atoms with Gasteiger partial charge in [0.05, 0.1) is 0 Å². The number of hydrogen-bond acceptors (Lipinski definition) is 2. The summed E-state index contributed by atoms with van der Waals surface area (Å²) in [6, 6.07) is 16.1. The second kappa shape index (κ2) is 5.08. The van der Waals surface area contributed by atoms with Crippen molar-refractivity contribution >= 4 is 12.6 Å². The van der Waals surface area contributed by atoms with Gasteiger partial charge in [0.1, 0.15) is 12.4 Å². The van der Waals surface area contributed by atoms with Crippen molar-refractivity contribution < 1.29 is 4.74 Å². The molecule has 2 aromatic rings. The molecule has 0 amide bonds. The van der Waals surface area contributed by atoms with Gasteiger partial charge in [-0.2, -0.15) is 0 Å². The number of rotatable bonds is 3. The molecule has 82 valence electrons. The maximum atomic E-state index is 5.65. The summed E-state index contributed by atoms with van der Waals surface area (Å²) in [5.74, 6) is 0.873. The molecule has 0 aliphatic carbocycles. The van der Waals surface area contributed by atoms with Crippen molar-refractivity contribution in [1.82, 2.24) is 0 Å². The van der Waals surface area contributed by atoms with Gasteiger partial charge in [-0.05, 0) is 36.8 Å². The van der Waals surface area contributed by atoms with E-state index in [-0.39, 0.29) is 0 Å². The third kappa shape index (κ3) is 3.04. The van der Waals surface area contributed by atoms with Crippen LogP contribution in [0.3, 0.4) is 0 Å². The smallest absolute Gasteiger partial charge is 0.119 e. The van der Waals surface area contributed by atoms with Crippen molar-refractivity contribution in [2.24, 2.45) is 0 Å². The largest absolute Gasteiger partial charge is 0.489 e. The minimum atomic E-state index is 0.603. The van der Waals surface area contributed by atoms with Crippen molar-refractivity contribution in [1.29, 1.82) is 0 Å². The van der Waals surface area contributed by atoms with Crippen LogP contribution in [0.1, 0.15) is 11.1 Å². The van der Waals surface area contributed by atoms with Gasteiger partial charge >= 0.3 is 0 Å². The van der Waals surface area contributed by atoms with E-state index in [1.165, 1.54) is 11.1 Å². The van der Waals surface area contributed by atoms with Gasteiger partial charge < -0.3 is 4.74 Å². The first-order valence-corrected chi connectivity index (χ1v) is 5.66. The van der Waals surface area contributed by atoms with Gasteiger partial charge in [0, 0.05) is 4.90 Å². The molecule has 1 nitrogen and oxygen atoms in total. The molecule has 0 bridgehead atoms. The van der Waals surface area contributed by atoms with E-state index >= 15 is 0 Å². The predicted molar refractivity (Wildman–Crippen MR) is 69.2 cm³/mol. The summed E-state index contributed by atoms with van der Waals surface area (Å²) in [7, 11) is 0.